The van der Waals surface area contributed by atoms with Crippen molar-refractivity contribution in [2.45, 2.75) is 19.6 Å². The molecule has 0 unspecified atom stereocenters. The highest BCUT2D eigenvalue weighted by atomic mass is 19.4. The predicted octanol–water partition coefficient (Wildman–Crippen LogP) is 1.20. The van der Waals surface area contributed by atoms with Crippen LogP contribution in [0.4, 0.5) is 19.1 Å². The third kappa shape index (κ3) is 3.23. The van der Waals surface area contributed by atoms with E-state index in [0.717, 1.165) is 44.0 Å². The van der Waals surface area contributed by atoms with Crippen LogP contribution in [0.25, 0.3) is 0 Å². The average molecular weight is 343 g/mol. The average Bonchev–Trinajstić information content (AvgIpc) is 3.04. The molecule has 132 valence electrons. The van der Waals surface area contributed by atoms with Crippen molar-refractivity contribution in [3.05, 3.63) is 23.3 Å². The first-order valence-electron chi connectivity index (χ1n) is 7.69. The van der Waals surface area contributed by atoms with Gasteiger partial charge >= 0.3 is 6.18 Å². The van der Waals surface area contributed by atoms with Crippen molar-refractivity contribution >= 4 is 5.95 Å². The van der Waals surface area contributed by atoms with E-state index >= 15 is 0 Å². The Hall–Kier alpha value is -2.10. The molecule has 0 aliphatic carbocycles. The fourth-order valence-electron chi connectivity index (χ4n) is 2.80. The summed E-state index contributed by atoms with van der Waals surface area (Å²) >= 11 is 0. The van der Waals surface area contributed by atoms with Crippen molar-refractivity contribution in [3.63, 3.8) is 0 Å². The highest BCUT2D eigenvalue weighted by molar-refractivity contribution is 5.31. The van der Waals surface area contributed by atoms with E-state index < -0.39 is 11.9 Å². The zero-order valence-corrected chi connectivity index (χ0v) is 13.9. The number of piperazine rings is 1. The molecule has 2 aromatic heterocycles. The van der Waals surface area contributed by atoms with E-state index in [9.17, 15) is 13.2 Å². The van der Waals surface area contributed by atoms with Gasteiger partial charge in [0, 0.05) is 46.8 Å². The molecule has 7 nitrogen and oxygen atoms in total. The van der Waals surface area contributed by atoms with Gasteiger partial charge in [-0.1, -0.05) is 0 Å². The molecule has 3 heterocycles. The lowest BCUT2D eigenvalue weighted by molar-refractivity contribution is -0.141. The number of rotatable bonds is 3. The summed E-state index contributed by atoms with van der Waals surface area (Å²) in [7, 11) is 3.47. The van der Waals surface area contributed by atoms with Gasteiger partial charge in [0.25, 0.3) is 0 Å². The third-order valence-corrected chi connectivity index (χ3v) is 4.38. The molecule has 1 saturated heterocycles. The summed E-state index contributed by atoms with van der Waals surface area (Å²) in [5.41, 5.74) is -0.279. The molecule has 3 rings (SSSR count). The minimum absolute atomic E-state index is 0.450. The summed E-state index contributed by atoms with van der Waals surface area (Å²) in [6.07, 6.45) is -4.40. The molecule has 0 amide bonds. The van der Waals surface area contributed by atoms with Gasteiger partial charge in [0.2, 0.25) is 5.95 Å². The van der Waals surface area contributed by atoms with Gasteiger partial charge in [-0.2, -0.15) is 18.3 Å². The molecule has 1 aliphatic heterocycles. The lowest BCUT2D eigenvalue weighted by Gasteiger charge is -2.34. The number of aromatic nitrogens is 5. The van der Waals surface area contributed by atoms with Gasteiger partial charge in [0.05, 0.1) is 5.69 Å². The van der Waals surface area contributed by atoms with Crippen molar-refractivity contribution in [2.75, 3.05) is 31.1 Å². The molecule has 0 N–H and O–H groups in total. The molecule has 0 aromatic carbocycles. The molecule has 2 aromatic rings. The Morgan fingerprint density at radius 2 is 1.75 bits per heavy atom. The SMILES string of the molecule is Cc1nnc(N2CCN(Cc3cc(C(F)(F)F)nn3C)CC2)n1C. The van der Waals surface area contributed by atoms with Crippen LogP contribution < -0.4 is 4.90 Å². The van der Waals surface area contributed by atoms with E-state index in [0.29, 0.717) is 12.2 Å². The van der Waals surface area contributed by atoms with Crippen molar-refractivity contribution < 1.29 is 13.2 Å². The van der Waals surface area contributed by atoms with Crippen molar-refractivity contribution in [1.82, 2.24) is 29.4 Å². The predicted molar refractivity (Wildman–Crippen MR) is 81.4 cm³/mol. The second kappa shape index (κ2) is 6.08. The topological polar surface area (TPSA) is 55.0 Å². The van der Waals surface area contributed by atoms with Crippen LogP contribution in [0, 0.1) is 6.92 Å². The van der Waals surface area contributed by atoms with Crippen LogP contribution in [0.5, 0.6) is 0 Å². The van der Waals surface area contributed by atoms with Gasteiger partial charge in [-0.25, -0.2) is 0 Å². The van der Waals surface area contributed by atoms with Gasteiger partial charge < -0.3 is 9.47 Å². The zero-order valence-electron chi connectivity index (χ0n) is 13.9. The maximum atomic E-state index is 12.7. The molecule has 0 radical (unpaired) electrons. The molecule has 0 saturated carbocycles. The fraction of sp³-hybridized carbons (Fsp3) is 0.643. The first kappa shape index (κ1) is 16.7. The summed E-state index contributed by atoms with van der Waals surface area (Å²) in [5.74, 6) is 1.68. The number of alkyl halides is 3. The highest BCUT2D eigenvalue weighted by Crippen LogP contribution is 2.28. The molecule has 24 heavy (non-hydrogen) atoms. The monoisotopic (exact) mass is 343 g/mol. The van der Waals surface area contributed by atoms with Crippen molar-refractivity contribution in [1.29, 1.82) is 0 Å². The van der Waals surface area contributed by atoms with Crippen LogP contribution in [-0.4, -0.2) is 55.6 Å². The number of hydrogen-bond donors (Lipinski definition) is 0. The maximum absolute atomic E-state index is 12.7. The molecule has 1 fully saturated rings. The van der Waals surface area contributed by atoms with Gasteiger partial charge in [0.15, 0.2) is 5.69 Å². The number of halogens is 3. The Labute approximate surface area is 137 Å². The molecule has 10 heteroatoms. The lowest BCUT2D eigenvalue weighted by Crippen LogP contribution is -2.47. The third-order valence-electron chi connectivity index (χ3n) is 4.38. The van der Waals surface area contributed by atoms with E-state index in [2.05, 4.69) is 25.1 Å². The lowest BCUT2D eigenvalue weighted by atomic mass is 10.2. The van der Waals surface area contributed by atoms with Crippen LogP contribution in [0.15, 0.2) is 6.07 Å². The minimum atomic E-state index is -4.40. The highest BCUT2D eigenvalue weighted by Gasteiger charge is 2.34. The largest absolute Gasteiger partial charge is 0.435 e. The Kier molecular flexibility index (Phi) is 4.24. The Morgan fingerprint density at radius 1 is 1.08 bits per heavy atom. The first-order chi connectivity index (χ1) is 11.3. The molecular formula is C14H20F3N7. The maximum Gasteiger partial charge on any atom is 0.435 e. The first-order valence-corrected chi connectivity index (χ1v) is 7.69. The van der Waals surface area contributed by atoms with Crippen molar-refractivity contribution in [3.8, 4) is 0 Å². The fourth-order valence-corrected chi connectivity index (χ4v) is 2.80. The van der Waals surface area contributed by atoms with Crippen LogP contribution in [0.2, 0.25) is 0 Å². The normalized spacial score (nSPS) is 16.8. The van der Waals surface area contributed by atoms with E-state index in [1.807, 2.05) is 18.5 Å². The van der Waals surface area contributed by atoms with Gasteiger partial charge in [-0.15, -0.1) is 10.2 Å². The van der Waals surface area contributed by atoms with Gasteiger partial charge in [0.1, 0.15) is 5.82 Å². The van der Waals surface area contributed by atoms with E-state index in [1.54, 1.807) is 7.05 Å². The van der Waals surface area contributed by atoms with Crippen LogP contribution >= 0.6 is 0 Å². The smallest absolute Gasteiger partial charge is 0.338 e. The second-order valence-corrected chi connectivity index (χ2v) is 6.01. The van der Waals surface area contributed by atoms with E-state index in [-0.39, 0.29) is 0 Å². The number of anilines is 1. The molecular weight excluding hydrogens is 323 g/mol. The standard InChI is InChI=1S/C14H20F3N7/c1-10-18-19-13(21(10)2)24-6-4-23(5-7-24)9-11-8-12(14(15,16)17)20-22(11)3/h8H,4-7,9H2,1-3H3. The zero-order chi connectivity index (χ0) is 17.5. The van der Waals surface area contributed by atoms with E-state index in [4.69, 9.17) is 0 Å². The number of aryl methyl sites for hydroxylation is 2. The Morgan fingerprint density at radius 3 is 2.25 bits per heavy atom. The molecule has 0 bridgehead atoms. The summed E-state index contributed by atoms with van der Waals surface area (Å²) in [6, 6.07) is 1.12. The van der Waals surface area contributed by atoms with Crippen LogP contribution in [0.3, 0.4) is 0 Å². The molecule has 0 spiro atoms. The van der Waals surface area contributed by atoms with Crippen LogP contribution in [-0.2, 0) is 26.8 Å². The van der Waals surface area contributed by atoms with Gasteiger partial charge in [-0.05, 0) is 13.0 Å². The summed E-state index contributed by atoms with van der Waals surface area (Å²) in [5, 5.41) is 11.8. The van der Waals surface area contributed by atoms with Crippen LogP contribution in [0.1, 0.15) is 17.2 Å². The summed E-state index contributed by atoms with van der Waals surface area (Å²) < 4.78 is 41.4. The number of hydrogen-bond acceptors (Lipinski definition) is 5. The summed E-state index contributed by atoms with van der Waals surface area (Å²) in [4.78, 5) is 4.26. The Balaban J connectivity index is 1.62. The molecule has 0 atom stereocenters. The molecule has 1 aliphatic rings. The van der Waals surface area contributed by atoms with Gasteiger partial charge in [-0.3, -0.25) is 9.58 Å². The van der Waals surface area contributed by atoms with E-state index in [1.165, 1.54) is 4.68 Å². The summed E-state index contributed by atoms with van der Waals surface area (Å²) in [6.45, 7) is 5.36. The minimum Gasteiger partial charge on any atom is -0.338 e. The number of nitrogens with zero attached hydrogens (tertiary/aromatic N) is 7. The van der Waals surface area contributed by atoms with Crippen molar-refractivity contribution in [2.24, 2.45) is 14.1 Å². The second-order valence-electron chi connectivity index (χ2n) is 6.01. The quantitative estimate of drug-likeness (QED) is 0.838. The Bertz CT molecular complexity index is 711.